The number of hydrogen-bond donors (Lipinski definition) is 1. The average Bonchev–Trinajstić information content (AvgIpc) is 2.15. The lowest BCUT2D eigenvalue weighted by atomic mass is 9.96. The van der Waals surface area contributed by atoms with Gasteiger partial charge in [0.05, 0.1) is 5.56 Å². The van der Waals surface area contributed by atoms with E-state index >= 15 is 0 Å². The summed E-state index contributed by atoms with van der Waals surface area (Å²) in [6, 6.07) is 7.38. The Morgan fingerprint density at radius 3 is 2.38 bits per heavy atom. The van der Waals surface area contributed by atoms with E-state index in [2.05, 4.69) is 33.4 Å². The fourth-order valence-corrected chi connectivity index (χ4v) is 1.90. The first-order valence-electron chi connectivity index (χ1n) is 5.35. The molecule has 0 aromatic heterocycles. The summed E-state index contributed by atoms with van der Waals surface area (Å²) in [5.41, 5.74) is 0.772. The number of thiol groups is 1. The second-order valence-corrected chi connectivity index (χ2v) is 5.72. The lowest BCUT2D eigenvalue weighted by molar-refractivity contribution is 0.0742. The third-order valence-corrected chi connectivity index (χ3v) is 2.58. The average molecular weight is 237 g/mol. The first kappa shape index (κ1) is 13.1. The molecule has 16 heavy (non-hydrogen) atoms. The van der Waals surface area contributed by atoms with E-state index in [1.54, 1.807) is 4.90 Å². The summed E-state index contributed by atoms with van der Waals surface area (Å²) in [6.07, 6.45) is 0. The molecule has 0 heterocycles. The van der Waals surface area contributed by atoms with Gasteiger partial charge in [-0.05, 0) is 17.5 Å². The van der Waals surface area contributed by atoms with E-state index in [4.69, 9.17) is 0 Å². The van der Waals surface area contributed by atoms with E-state index in [0.717, 1.165) is 11.4 Å². The largest absolute Gasteiger partial charge is 0.341 e. The van der Waals surface area contributed by atoms with Gasteiger partial charge in [-0.25, -0.2) is 0 Å². The van der Waals surface area contributed by atoms with Crippen LogP contribution in [0.25, 0.3) is 0 Å². The molecule has 2 nitrogen and oxygen atoms in total. The van der Waals surface area contributed by atoms with Crippen molar-refractivity contribution >= 4 is 18.5 Å². The van der Waals surface area contributed by atoms with Gasteiger partial charge in [0.25, 0.3) is 5.91 Å². The maximum atomic E-state index is 12.1. The van der Waals surface area contributed by atoms with Gasteiger partial charge in [0.2, 0.25) is 0 Å². The maximum absolute atomic E-state index is 12.1. The molecule has 0 fully saturated rings. The van der Waals surface area contributed by atoms with Crippen LogP contribution in [-0.4, -0.2) is 24.4 Å². The van der Waals surface area contributed by atoms with Gasteiger partial charge in [-0.1, -0.05) is 32.9 Å². The van der Waals surface area contributed by atoms with Crippen molar-refractivity contribution in [2.45, 2.75) is 25.7 Å². The number of benzene rings is 1. The second kappa shape index (κ2) is 4.91. The highest BCUT2D eigenvalue weighted by Crippen LogP contribution is 2.18. The van der Waals surface area contributed by atoms with Crippen LogP contribution < -0.4 is 0 Å². The van der Waals surface area contributed by atoms with Crippen LogP contribution in [0.5, 0.6) is 0 Å². The number of nitrogens with zero attached hydrogens (tertiary/aromatic N) is 1. The van der Waals surface area contributed by atoms with Gasteiger partial charge in [-0.2, -0.15) is 0 Å². The van der Waals surface area contributed by atoms with Crippen LogP contribution in [0.15, 0.2) is 29.2 Å². The molecule has 0 aliphatic rings. The Labute approximate surface area is 103 Å². The summed E-state index contributed by atoms with van der Waals surface area (Å²) in [6.45, 7) is 7.07. The quantitative estimate of drug-likeness (QED) is 0.784. The second-order valence-electron chi connectivity index (χ2n) is 5.24. The zero-order valence-corrected chi connectivity index (χ0v) is 11.2. The molecule has 0 atom stereocenters. The van der Waals surface area contributed by atoms with Gasteiger partial charge in [0.1, 0.15) is 0 Å². The zero-order chi connectivity index (χ0) is 12.3. The molecule has 0 N–H and O–H groups in total. The molecule has 0 radical (unpaired) electrons. The maximum Gasteiger partial charge on any atom is 0.254 e. The topological polar surface area (TPSA) is 20.3 Å². The Bertz CT molecular complexity index is 382. The molecule has 3 heteroatoms. The number of amides is 1. The van der Waals surface area contributed by atoms with E-state index in [9.17, 15) is 4.79 Å². The summed E-state index contributed by atoms with van der Waals surface area (Å²) >= 11 is 4.30. The number of carbonyl (C=O) groups is 1. The predicted molar refractivity (Wildman–Crippen MR) is 70.1 cm³/mol. The van der Waals surface area contributed by atoms with Crippen LogP contribution in [0.3, 0.4) is 0 Å². The van der Waals surface area contributed by atoms with E-state index in [-0.39, 0.29) is 11.3 Å². The van der Waals surface area contributed by atoms with Crippen molar-refractivity contribution in [3.8, 4) is 0 Å². The molecular weight excluding hydrogens is 218 g/mol. The molecule has 0 spiro atoms. The Morgan fingerprint density at radius 1 is 1.31 bits per heavy atom. The lowest BCUT2D eigenvalue weighted by Crippen LogP contribution is -2.34. The van der Waals surface area contributed by atoms with Crippen molar-refractivity contribution in [1.29, 1.82) is 0 Å². The molecule has 0 saturated carbocycles. The molecule has 0 aliphatic heterocycles. The van der Waals surface area contributed by atoms with Gasteiger partial charge in [-0.15, -0.1) is 12.6 Å². The molecule has 88 valence electrons. The minimum absolute atomic E-state index is 0.0283. The Hall–Kier alpha value is -0.960. The van der Waals surface area contributed by atoms with Crippen molar-refractivity contribution in [1.82, 2.24) is 4.90 Å². The Kier molecular flexibility index (Phi) is 4.03. The summed E-state index contributed by atoms with van der Waals surface area (Å²) in [5.74, 6) is 0.0283. The lowest BCUT2D eigenvalue weighted by Gasteiger charge is -2.27. The van der Waals surface area contributed by atoms with Crippen molar-refractivity contribution in [2.75, 3.05) is 13.6 Å². The third-order valence-electron chi connectivity index (χ3n) is 2.19. The summed E-state index contributed by atoms with van der Waals surface area (Å²) in [5, 5.41) is 0. The van der Waals surface area contributed by atoms with Gasteiger partial charge in [-0.3, -0.25) is 4.79 Å². The van der Waals surface area contributed by atoms with Gasteiger partial charge in [0.15, 0.2) is 0 Å². The van der Waals surface area contributed by atoms with E-state index in [1.807, 2.05) is 31.3 Å². The predicted octanol–water partition coefficient (Wildman–Crippen LogP) is 3.09. The normalized spacial score (nSPS) is 11.3. The molecule has 1 aromatic rings. The molecule has 0 saturated heterocycles. The van der Waals surface area contributed by atoms with Crippen molar-refractivity contribution < 1.29 is 4.79 Å². The number of rotatable bonds is 2. The highest BCUT2D eigenvalue weighted by molar-refractivity contribution is 7.80. The van der Waals surface area contributed by atoms with E-state index in [0.29, 0.717) is 5.56 Å². The Morgan fingerprint density at radius 2 is 1.88 bits per heavy atom. The first-order chi connectivity index (χ1) is 7.31. The minimum Gasteiger partial charge on any atom is -0.341 e. The third kappa shape index (κ3) is 3.56. The zero-order valence-electron chi connectivity index (χ0n) is 10.3. The van der Waals surface area contributed by atoms with Crippen LogP contribution in [0.1, 0.15) is 31.1 Å². The number of hydrogen-bond acceptors (Lipinski definition) is 2. The highest BCUT2D eigenvalue weighted by atomic mass is 32.1. The van der Waals surface area contributed by atoms with Crippen LogP contribution in [-0.2, 0) is 0 Å². The summed E-state index contributed by atoms with van der Waals surface area (Å²) in [4.78, 5) is 14.6. The summed E-state index contributed by atoms with van der Waals surface area (Å²) < 4.78 is 0. The Balaban J connectivity index is 2.83. The van der Waals surface area contributed by atoms with Crippen molar-refractivity contribution in [3.05, 3.63) is 29.8 Å². The van der Waals surface area contributed by atoms with E-state index in [1.165, 1.54) is 0 Å². The molecule has 0 bridgehead atoms. The number of carbonyl (C=O) groups excluding carboxylic acids is 1. The van der Waals surface area contributed by atoms with Gasteiger partial charge in [0, 0.05) is 18.5 Å². The fourth-order valence-electron chi connectivity index (χ4n) is 1.64. The van der Waals surface area contributed by atoms with Crippen molar-refractivity contribution in [3.63, 3.8) is 0 Å². The molecule has 1 rings (SSSR count). The molecule has 0 unspecified atom stereocenters. The monoisotopic (exact) mass is 237 g/mol. The van der Waals surface area contributed by atoms with Crippen LogP contribution in [0, 0.1) is 5.41 Å². The highest BCUT2D eigenvalue weighted by Gasteiger charge is 2.19. The van der Waals surface area contributed by atoms with Crippen LogP contribution >= 0.6 is 12.6 Å². The minimum atomic E-state index is 0.0283. The summed E-state index contributed by atoms with van der Waals surface area (Å²) in [7, 11) is 1.83. The molecule has 1 amide bonds. The van der Waals surface area contributed by atoms with Gasteiger partial charge < -0.3 is 4.90 Å². The van der Waals surface area contributed by atoms with E-state index < -0.39 is 0 Å². The fraction of sp³-hybridized carbons (Fsp3) is 0.462. The first-order valence-corrected chi connectivity index (χ1v) is 5.79. The smallest absolute Gasteiger partial charge is 0.254 e. The van der Waals surface area contributed by atoms with Crippen LogP contribution in [0.2, 0.25) is 0 Å². The SMILES string of the molecule is CN(CC(C)(C)C)C(=O)c1ccccc1S. The standard InChI is InChI=1S/C13H19NOS/c1-13(2,3)9-14(4)12(15)10-7-5-6-8-11(10)16/h5-8,16H,9H2,1-4H3. The van der Waals surface area contributed by atoms with Crippen LogP contribution in [0.4, 0.5) is 0 Å². The molecular formula is C13H19NOS. The van der Waals surface area contributed by atoms with Gasteiger partial charge >= 0.3 is 0 Å². The molecule has 1 aromatic carbocycles. The van der Waals surface area contributed by atoms with Crippen molar-refractivity contribution in [2.24, 2.45) is 5.41 Å². The molecule has 0 aliphatic carbocycles.